The van der Waals surface area contributed by atoms with E-state index in [-0.39, 0.29) is 12.5 Å². The molecule has 2 aromatic rings. The SMILES string of the molecule is CCOC(=O)c1ccc(NC(=O)c2c3c(nn2C)CCN(C(=O)OC(C)(C)C)C3)cc1. The molecule has 2 amide bonds. The number of anilines is 1. The third-order valence-corrected chi connectivity index (χ3v) is 4.72. The molecule has 166 valence electrons. The molecule has 1 aromatic heterocycles. The van der Waals surface area contributed by atoms with E-state index in [1.54, 1.807) is 43.1 Å². The van der Waals surface area contributed by atoms with Crippen molar-refractivity contribution >= 4 is 23.7 Å². The second-order valence-corrected chi connectivity index (χ2v) is 8.30. The Bertz CT molecular complexity index is 989. The molecule has 1 N–H and O–H groups in total. The summed E-state index contributed by atoms with van der Waals surface area (Å²) in [6, 6.07) is 6.47. The van der Waals surface area contributed by atoms with Crippen molar-refractivity contribution in [1.29, 1.82) is 0 Å². The molecule has 1 aliphatic rings. The first kappa shape index (κ1) is 22.3. The third-order valence-electron chi connectivity index (χ3n) is 4.72. The van der Waals surface area contributed by atoms with Gasteiger partial charge in [-0.25, -0.2) is 9.59 Å². The Morgan fingerprint density at radius 2 is 1.84 bits per heavy atom. The fourth-order valence-corrected chi connectivity index (χ4v) is 3.36. The van der Waals surface area contributed by atoms with Crippen molar-refractivity contribution in [2.45, 2.75) is 46.3 Å². The molecule has 2 heterocycles. The zero-order valence-electron chi connectivity index (χ0n) is 18.5. The Morgan fingerprint density at radius 1 is 1.16 bits per heavy atom. The molecule has 1 aliphatic heterocycles. The van der Waals surface area contributed by atoms with E-state index in [9.17, 15) is 14.4 Å². The second-order valence-electron chi connectivity index (χ2n) is 8.30. The van der Waals surface area contributed by atoms with Gasteiger partial charge in [-0.2, -0.15) is 5.10 Å². The van der Waals surface area contributed by atoms with Crippen LogP contribution in [-0.2, 0) is 29.5 Å². The molecule has 0 saturated carbocycles. The number of nitrogens with one attached hydrogen (secondary N) is 1. The van der Waals surface area contributed by atoms with E-state index >= 15 is 0 Å². The Labute approximate surface area is 181 Å². The lowest BCUT2D eigenvalue weighted by Gasteiger charge is -2.29. The number of nitrogens with zero attached hydrogens (tertiary/aromatic N) is 3. The van der Waals surface area contributed by atoms with Gasteiger partial charge in [-0.05, 0) is 52.0 Å². The predicted octanol–water partition coefficient (Wildman–Crippen LogP) is 3.14. The minimum absolute atomic E-state index is 0.253. The van der Waals surface area contributed by atoms with E-state index in [0.717, 1.165) is 5.69 Å². The molecule has 1 aromatic carbocycles. The lowest BCUT2D eigenvalue weighted by atomic mass is 10.1. The number of hydrogen-bond donors (Lipinski definition) is 1. The normalized spacial score (nSPS) is 13.4. The summed E-state index contributed by atoms with van der Waals surface area (Å²) >= 11 is 0. The van der Waals surface area contributed by atoms with Crippen LogP contribution < -0.4 is 5.32 Å². The predicted molar refractivity (Wildman–Crippen MR) is 114 cm³/mol. The van der Waals surface area contributed by atoms with Crippen LogP contribution in [0.25, 0.3) is 0 Å². The summed E-state index contributed by atoms with van der Waals surface area (Å²) in [5.74, 6) is -0.755. The van der Waals surface area contributed by atoms with Crippen LogP contribution in [0.1, 0.15) is 59.8 Å². The van der Waals surface area contributed by atoms with E-state index in [0.29, 0.717) is 42.1 Å². The van der Waals surface area contributed by atoms with Gasteiger partial charge in [0, 0.05) is 31.3 Å². The lowest BCUT2D eigenvalue weighted by Crippen LogP contribution is -2.40. The number of rotatable bonds is 4. The van der Waals surface area contributed by atoms with Gasteiger partial charge in [-0.15, -0.1) is 0 Å². The number of esters is 1. The highest BCUT2D eigenvalue weighted by Gasteiger charge is 2.31. The van der Waals surface area contributed by atoms with Crippen molar-refractivity contribution in [3.8, 4) is 0 Å². The van der Waals surface area contributed by atoms with Crippen molar-refractivity contribution < 1.29 is 23.9 Å². The number of aryl methyl sites for hydroxylation is 1. The van der Waals surface area contributed by atoms with Gasteiger partial charge in [0.15, 0.2) is 0 Å². The molecule has 0 saturated heterocycles. The highest BCUT2D eigenvalue weighted by molar-refractivity contribution is 6.04. The Balaban J connectivity index is 1.75. The molecule has 0 atom stereocenters. The summed E-state index contributed by atoms with van der Waals surface area (Å²) in [6.45, 7) is 8.22. The summed E-state index contributed by atoms with van der Waals surface area (Å²) in [7, 11) is 1.70. The number of carbonyl (C=O) groups excluding carboxylic acids is 3. The van der Waals surface area contributed by atoms with Crippen LogP contribution in [-0.4, -0.2) is 51.4 Å². The monoisotopic (exact) mass is 428 g/mol. The van der Waals surface area contributed by atoms with Gasteiger partial charge in [0.05, 0.1) is 24.4 Å². The number of benzene rings is 1. The van der Waals surface area contributed by atoms with Crippen LogP contribution in [0.3, 0.4) is 0 Å². The van der Waals surface area contributed by atoms with Gasteiger partial charge in [-0.1, -0.05) is 0 Å². The van der Waals surface area contributed by atoms with E-state index in [1.165, 1.54) is 4.68 Å². The highest BCUT2D eigenvalue weighted by Crippen LogP contribution is 2.24. The van der Waals surface area contributed by atoms with Crippen molar-refractivity contribution in [2.75, 3.05) is 18.5 Å². The standard InChI is InChI=1S/C22H28N4O5/c1-6-30-20(28)14-7-9-15(10-8-14)23-19(27)18-16-13-26(21(29)31-22(2,3)4)12-11-17(16)24-25(18)5/h7-10H,6,11-13H2,1-5H3,(H,23,27). The van der Waals surface area contributed by atoms with Crippen LogP contribution in [0, 0.1) is 0 Å². The van der Waals surface area contributed by atoms with Crippen LogP contribution in [0.2, 0.25) is 0 Å². The molecular weight excluding hydrogens is 400 g/mol. The maximum atomic E-state index is 13.0. The van der Waals surface area contributed by atoms with Gasteiger partial charge in [0.2, 0.25) is 0 Å². The number of aromatic nitrogens is 2. The van der Waals surface area contributed by atoms with Gasteiger partial charge in [0.25, 0.3) is 5.91 Å². The summed E-state index contributed by atoms with van der Waals surface area (Å²) in [6.07, 6.45) is 0.132. The summed E-state index contributed by atoms with van der Waals surface area (Å²) < 4.78 is 12.0. The van der Waals surface area contributed by atoms with Crippen molar-refractivity contribution in [3.05, 3.63) is 46.8 Å². The first-order valence-electron chi connectivity index (χ1n) is 10.2. The minimum atomic E-state index is -0.595. The minimum Gasteiger partial charge on any atom is -0.462 e. The largest absolute Gasteiger partial charge is 0.462 e. The van der Waals surface area contributed by atoms with Crippen LogP contribution in [0.4, 0.5) is 10.5 Å². The molecule has 3 rings (SSSR count). The molecule has 9 nitrogen and oxygen atoms in total. The number of fused-ring (bicyclic) bond motifs is 1. The Morgan fingerprint density at radius 3 is 2.45 bits per heavy atom. The number of hydrogen-bond acceptors (Lipinski definition) is 6. The maximum absolute atomic E-state index is 13.0. The summed E-state index contributed by atoms with van der Waals surface area (Å²) in [5.41, 5.74) is 2.24. The zero-order valence-corrected chi connectivity index (χ0v) is 18.5. The van der Waals surface area contributed by atoms with E-state index in [4.69, 9.17) is 9.47 Å². The molecule has 9 heteroatoms. The second kappa shape index (κ2) is 8.79. The van der Waals surface area contributed by atoms with Crippen LogP contribution in [0.5, 0.6) is 0 Å². The molecule has 0 aliphatic carbocycles. The van der Waals surface area contributed by atoms with E-state index in [2.05, 4.69) is 10.4 Å². The molecule has 0 unspecified atom stereocenters. The van der Waals surface area contributed by atoms with E-state index in [1.807, 2.05) is 20.8 Å². The summed E-state index contributed by atoms with van der Waals surface area (Å²) in [5, 5.41) is 7.29. The van der Waals surface area contributed by atoms with Crippen molar-refractivity contribution in [1.82, 2.24) is 14.7 Å². The van der Waals surface area contributed by atoms with Crippen molar-refractivity contribution in [3.63, 3.8) is 0 Å². The average Bonchev–Trinajstić information content (AvgIpc) is 3.02. The molecular formula is C22H28N4O5. The van der Waals surface area contributed by atoms with E-state index < -0.39 is 17.7 Å². The first-order valence-corrected chi connectivity index (χ1v) is 10.2. The number of carbonyl (C=O) groups is 3. The lowest BCUT2D eigenvalue weighted by molar-refractivity contribution is 0.0222. The van der Waals surface area contributed by atoms with Gasteiger partial charge in [0.1, 0.15) is 11.3 Å². The molecule has 31 heavy (non-hydrogen) atoms. The van der Waals surface area contributed by atoms with Gasteiger partial charge >= 0.3 is 12.1 Å². The first-order chi connectivity index (χ1) is 14.6. The third kappa shape index (κ3) is 5.22. The zero-order chi connectivity index (χ0) is 22.8. The summed E-state index contributed by atoms with van der Waals surface area (Å²) in [4.78, 5) is 38.8. The average molecular weight is 428 g/mol. The van der Waals surface area contributed by atoms with Crippen LogP contribution in [0.15, 0.2) is 24.3 Å². The quantitative estimate of drug-likeness (QED) is 0.751. The molecule has 0 radical (unpaired) electrons. The van der Waals surface area contributed by atoms with Gasteiger partial charge < -0.3 is 19.7 Å². The fourth-order valence-electron chi connectivity index (χ4n) is 3.36. The number of ether oxygens (including phenoxy) is 2. The van der Waals surface area contributed by atoms with Gasteiger partial charge in [-0.3, -0.25) is 9.48 Å². The number of amides is 2. The van der Waals surface area contributed by atoms with Crippen LogP contribution >= 0.6 is 0 Å². The molecule has 0 bridgehead atoms. The molecule has 0 spiro atoms. The Kier molecular flexibility index (Phi) is 6.33. The molecule has 0 fully saturated rings. The smallest absolute Gasteiger partial charge is 0.410 e. The maximum Gasteiger partial charge on any atom is 0.410 e. The highest BCUT2D eigenvalue weighted by atomic mass is 16.6. The Hall–Kier alpha value is -3.36. The fraction of sp³-hybridized carbons (Fsp3) is 0.455. The topological polar surface area (TPSA) is 103 Å². The van der Waals surface area contributed by atoms with Crippen molar-refractivity contribution in [2.24, 2.45) is 7.05 Å².